The highest BCUT2D eigenvalue weighted by Gasteiger charge is 2.22. The Morgan fingerprint density at radius 2 is 2.00 bits per heavy atom. The van der Waals surface area contributed by atoms with Gasteiger partial charge in [0.25, 0.3) is 0 Å². The number of amides is 1. The van der Waals surface area contributed by atoms with E-state index in [-0.39, 0.29) is 18.3 Å². The summed E-state index contributed by atoms with van der Waals surface area (Å²) in [7, 11) is 0.695. The molecule has 0 aromatic heterocycles. The van der Waals surface area contributed by atoms with Crippen LogP contribution in [0.4, 0.5) is 0 Å². The highest BCUT2D eigenvalue weighted by atomic mass is 32.2. The predicted molar refractivity (Wildman–Crippen MR) is 69.2 cm³/mol. The zero-order valence-electron chi connectivity index (χ0n) is 10.6. The number of hydrogen-bond acceptors (Lipinski definition) is 3. The van der Waals surface area contributed by atoms with E-state index in [4.69, 9.17) is 5.11 Å². The molecule has 1 fully saturated rings. The number of carbonyl (C=O) groups excluding carboxylic acids is 1. The molecule has 0 spiro atoms. The fourth-order valence-corrected chi connectivity index (χ4v) is 3.28. The van der Waals surface area contributed by atoms with Crippen molar-refractivity contribution >= 4 is 16.7 Å². The second-order valence-corrected chi connectivity index (χ2v) is 6.24. The Morgan fingerprint density at radius 3 is 2.59 bits per heavy atom. The van der Waals surface area contributed by atoms with Gasteiger partial charge >= 0.3 is 0 Å². The molecule has 17 heavy (non-hydrogen) atoms. The Balaban J connectivity index is 2.32. The first-order chi connectivity index (χ1) is 8.15. The molecule has 1 atom stereocenters. The molecule has 4 nitrogen and oxygen atoms in total. The lowest BCUT2D eigenvalue weighted by Crippen LogP contribution is -2.40. The van der Waals surface area contributed by atoms with E-state index in [2.05, 4.69) is 0 Å². The van der Waals surface area contributed by atoms with E-state index in [1.54, 1.807) is 4.90 Å². The second-order valence-electron chi connectivity index (χ2n) is 4.66. The standard InChI is InChI=1S/C12H23NO3S/c1-13(11-6-3-2-4-7-11)12(15)10-17(16)9-5-8-14/h11,14H,2-10H2,1H3. The van der Waals surface area contributed by atoms with Crippen molar-refractivity contribution in [2.24, 2.45) is 0 Å². The first-order valence-corrected chi connectivity index (χ1v) is 7.85. The van der Waals surface area contributed by atoms with E-state index in [0.717, 1.165) is 12.8 Å². The van der Waals surface area contributed by atoms with Gasteiger partial charge in [-0.15, -0.1) is 0 Å². The minimum absolute atomic E-state index is 0.0202. The van der Waals surface area contributed by atoms with Crippen LogP contribution in [0.3, 0.4) is 0 Å². The van der Waals surface area contributed by atoms with Gasteiger partial charge in [0.05, 0.1) is 0 Å². The first kappa shape index (κ1) is 14.6. The maximum absolute atomic E-state index is 11.9. The van der Waals surface area contributed by atoms with Gasteiger partial charge in [0, 0.05) is 36.2 Å². The van der Waals surface area contributed by atoms with Crippen molar-refractivity contribution in [3.63, 3.8) is 0 Å². The van der Waals surface area contributed by atoms with E-state index in [1.165, 1.54) is 19.3 Å². The van der Waals surface area contributed by atoms with Crippen LogP contribution in [0, 0.1) is 0 Å². The Bertz CT molecular complexity index is 264. The zero-order valence-corrected chi connectivity index (χ0v) is 11.4. The van der Waals surface area contributed by atoms with E-state index in [0.29, 0.717) is 18.2 Å². The topological polar surface area (TPSA) is 57.6 Å². The maximum atomic E-state index is 11.9. The molecule has 0 aromatic rings. The van der Waals surface area contributed by atoms with Gasteiger partial charge in [-0.25, -0.2) is 0 Å². The third kappa shape index (κ3) is 5.17. The normalized spacial score (nSPS) is 18.9. The van der Waals surface area contributed by atoms with Gasteiger partial charge in [-0.3, -0.25) is 9.00 Å². The van der Waals surface area contributed by atoms with Crippen molar-refractivity contribution in [1.82, 2.24) is 4.90 Å². The van der Waals surface area contributed by atoms with Crippen molar-refractivity contribution in [3.8, 4) is 0 Å². The molecule has 1 aliphatic rings. The average Bonchev–Trinajstić information content (AvgIpc) is 2.36. The van der Waals surface area contributed by atoms with Crippen molar-refractivity contribution in [3.05, 3.63) is 0 Å². The number of nitrogens with zero attached hydrogens (tertiary/aromatic N) is 1. The highest BCUT2D eigenvalue weighted by molar-refractivity contribution is 7.85. The molecule has 1 saturated carbocycles. The maximum Gasteiger partial charge on any atom is 0.235 e. The minimum atomic E-state index is -1.13. The molecule has 0 heterocycles. The lowest BCUT2D eigenvalue weighted by molar-refractivity contribution is -0.129. The van der Waals surface area contributed by atoms with Gasteiger partial charge in [-0.1, -0.05) is 19.3 Å². The Labute approximate surface area is 106 Å². The van der Waals surface area contributed by atoms with Crippen molar-refractivity contribution < 1.29 is 14.1 Å². The Morgan fingerprint density at radius 1 is 1.35 bits per heavy atom. The molecular formula is C12H23NO3S. The molecule has 0 bridgehead atoms. The van der Waals surface area contributed by atoms with Crippen LogP contribution >= 0.6 is 0 Å². The van der Waals surface area contributed by atoms with E-state index < -0.39 is 10.8 Å². The fourth-order valence-electron chi connectivity index (χ4n) is 2.21. The number of rotatable bonds is 6. The fraction of sp³-hybridized carbons (Fsp3) is 0.917. The highest BCUT2D eigenvalue weighted by Crippen LogP contribution is 2.21. The lowest BCUT2D eigenvalue weighted by Gasteiger charge is -2.31. The molecular weight excluding hydrogens is 238 g/mol. The summed E-state index contributed by atoms with van der Waals surface area (Å²) in [5.41, 5.74) is 0. The van der Waals surface area contributed by atoms with Gasteiger partial charge in [-0.2, -0.15) is 0 Å². The van der Waals surface area contributed by atoms with Crippen LogP contribution in [0.15, 0.2) is 0 Å². The van der Waals surface area contributed by atoms with Crippen molar-refractivity contribution in [2.75, 3.05) is 25.2 Å². The van der Waals surface area contributed by atoms with Crippen LogP contribution in [0.1, 0.15) is 38.5 Å². The van der Waals surface area contributed by atoms with Crippen LogP contribution in [0.5, 0.6) is 0 Å². The summed E-state index contributed by atoms with van der Waals surface area (Å²) in [5.74, 6) is 0.501. The van der Waals surface area contributed by atoms with Gasteiger partial charge in [0.1, 0.15) is 5.75 Å². The first-order valence-electron chi connectivity index (χ1n) is 6.36. The summed E-state index contributed by atoms with van der Waals surface area (Å²) >= 11 is 0. The molecule has 100 valence electrons. The molecule has 0 saturated heterocycles. The van der Waals surface area contributed by atoms with E-state index >= 15 is 0 Å². The smallest absolute Gasteiger partial charge is 0.235 e. The number of aliphatic hydroxyl groups is 1. The lowest BCUT2D eigenvalue weighted by atomic mass is 9.94. The van der Waals surface area contributed by atoms with Crippen LogP contribution in [-0.2, 0) is 15.6 Å². The van der Waals surface area contributed by atoms with Crippen LogP contribution in [0.25, 0.3) is 0 Å². The zero-order chi connectivity index (χ0) is 12.7. The van der Waals surface area contributed by atoms with Crippen LogP contribution in [-0.4, -0.2) is 51.3 Å². The summed E-state index contributed by atoms with van der Waals surface area (Å²) in [4.78, 5) is 13.7. The molecule has 0 radical (unpaired) electrons. The molecule has 5 heteroatoms. The molecule has 1 N–H and O–H groups in total. The quantitative estimate of drug-likeness (QED) is 0.773. The van der Waals surface area contributed by atoms with Crippen LogP contribution < -0.4 is 0 Å². The molecule has 1 amide bonds. The third-order valence-electron chi connectivity index (χ3n) is 3.33. The molecule has 1 unspecified atom stereocenters. The molecule has 1 rings (SSSR count). The SMILES string of the molecule is CN(C(=O)CS(=O)CCCO)C1CCCCC1. The predicted octanol–water partition coefficient (Wildman–Crippen LogP) is 0.909. The third-order valence-corrected chi connectivity index (χ3v) is 4.64. The van der Waals surface area contributed by atoms with Crippen molar-refractivity contribution in [1.29, 1.82) is 0 Å². The van der Waals surface area contributed by atoms with Gasteiger partial charge < -0.3 is 10.0 Å². The molecule has 0 aliphatic heterocycles. The largest absolute Gasteiger partial charge is 0.396 e. The summed E-state index contributed by atoms with van der Waals surface area (Å²) in [6.07, 6.45) is 6.30. The Kier molecular flexibility index (Phi) is 6.73. The average molecular weight is 261 g/mol. The Hall–Kier alpha value is -0.420. The van der Waals surface area contributed by atoms with Crippen LogP contribution in [0.2, 0.25) is 0 Å². The van der Waals surface area contributed by atoms with Gasteiger partial charge in [0.15, 0.2) is 0 Å². The molecule has 1 aliphatic carbocycles. The summed E-state index contributed by atoms with van der Waals surface area (Å²) in [6.45, 7) is 0.0401. The monoisotopic (exact) mass is 261 g/mol. The summed E-state index contributed by atoms with van der Waals surface area (Å²) < 4.78 is 11.6. The minimum Gasteiger partial charge on any atom is -0.396 e. The number of hydrogen-bond donors (Lipinski definition) is 1. The summed E-state index contributed by atoms with van der Waals surface area (Å²) in [5, 5.41) is 8.63. The number of aliphatic hydroxyl groups excluding tert-OH is 1. The van der Waals surface area contributed by atoms with E-state index in [9.17, 15) is 9.00 Å². The molecule has 0 aromatic carbocycles. The van der Waals surface area contributed by atoms with E-state index in [1.807, 2.05) is 7.05 Å². The second kappa shape index (κ2) is 7.82. The summed E-state index contributed by atoms with van der Waals surface area (Å²) in [6, 6.07) is 0.339. The van der Waals surface area contributed by atoms with Gasteiger partial charge in [0.2, 0.25) is 5.91 Å². The van der Waals surface area contributed by atoms with Crippen molar-refractivity contribution in [2.45, 2.75) is 44.6 Å². The van der Waals surface area contributed by atoms with Gasteiger partial charge in [-0.05, 0) is 19.3 Å². The number of carbonyl (C=O) groups is 1.